The minimum absolute atomic E-state index is 0.291. The van der Waals surface area contributed by atoms with Gasteiger partial charge in [-0.2, -0.15) is 5.10 Å². The van der Waals surface area contributed by atoms with E-state index in [1.165, 1.54) is 18.4 Å². The molecule has 2 aromatic heterocycles. The first-order valence-corrected chi connectivity index (χ1v) is 7.73. The number of rotatable bonds is 6. The van der Waals surface area contributed by atoms with Crippen molar-refractivity contribution in [1.29, 1.82) is 0 Å². The summed E-state index contributed by atoms with van der Waals surface area (Å²) in [6, 6.07) is 4.67. The third kappa shape index (κ3) is 3.36. The summed E-state index contributed by atoms with van der Waals surface area (Å²) in [5, 5.41) is 7.86. The maximum Gasteiger partial charge on any atom is 0.122 e. The third-order valence-corrected chi connectivity index (χ3v) is 4.30. The van der Waals surface area contributed by atoms with Crippen molar-refractivity contribution in [2.75, 3.05) is 19.6 Å². The van der Waals surface area contributed by atoms with E-state index in [1.807, 2.05) is 24.0 Å². The van der Waals surface area contributed by atoms with Crippen LogP contribution in [0.4, 0.5) is 0 Å². The maximum atomic E-state index is 5.65. The lowest BCUT2D eigenvalue weighted by Crippen LogP contribution is -2.34. The van der Waals surface area contributed by atoms with Gasteiger partial charge in [-0.1, -0.05) is 0 Å². The molecule has 114 valence electrons. The summed E-state index contributed by atoms with van der Waals surface area (Å²) in [6.07, 6.45) is 8.33. The molecular weight excluding hydrogens is 264 g/mol. The van der Waals surface area contributed by atoms with E-state index in [4.69, 9.17) is 4.42 Å². The molecule has 0 amide bonds. The van der Waals surface area contributed by atoms with Crippen molar-refractivity contribution in [2.45, 2.75) is 31.8 Å². The predicted molar refractivity (Wildman–Crippen MR) is 81.9 cm³/mol. The van der Waals surface area contributed by atoms with Crippen LogP contribution in [0.5, 0.6) is 0 Å². The largest absolute Gasteiger partial charge is 0.468 e. The molecule has 0 bridgehead atoms. The number of nitrogens with zero attached hydrogens (tertiary/aromatic N) is 3. The van der Waals surface area contributed by atoms with Gasteiger partial charge in [-0.3, -0.25) is 9.58 Å². The van der Waals surface area contributed by atoms with E-state index >= 15 is 0 Å². The molecular formula is C16H24N4O. The first kappa shape index (κ1) is 14.4. The van der Waals surface area contributed by atoms with E-state index in [2.05, 4.69) is 34.5 Å². The van der Waals surface area contributed by atoms with Crippen LogP contribution >= 0.6 is 0 Å². The van der Waals surface area contributed by atoms with Crippen molar-refractivity contribution in [3.05, 3.63) is 42.1 Å². The minimum Gasteiger partial charge on any atom is -0.468 e. The fourth-order valence-corrected chi connectivity index (χ4v) is 3.01. The molecule has 0 radical (unpaired) electrons. The fourth-order valence-electron chi connectivity index (χ4n) is 3.01. The number of hydrogen-bond acceptors (Lipinski definition) is 4. The molecule has 1 aliphatic rings. The van der Waals surface area contributed by atoms with E-state index in [9.17, 15) is 0 Å². The summed E-state index contributed by atoms with van der Waals surface area (Å²) in [7, 11) is 1.95. The van der Waals surface area contributed by atoms with Crippen LogP contribution in [0.1, 0.15) is 43.2 Å². The molecule has 0 aliphatic carbocycles. The highest BCUT2D eigenvalue weighted by molar-refractivity contribution is 5.10. The van der Waals surface area contributed by atoms with Crippen molar-refractivity contribution >= 4 is 0 Å². The highest BCUT2D eigenvalue weighted by Gasteiger charge is 2.25. The van der Waals surface area contributed by atoms with Gasteiger partial charge >= 0.3 is 0 Å². The second kappa shape index (κ2) is 6.45. The van der Waals surface area contributed by atoms with Crippen molar-refractivity contribution in [3.8, 4) is 0 Å². The molecule has 1 fully saturated rings. The van der Waals surface area contributed by atoms with E-state index in [1.54, 1.807) is 6.26 Å². The van der Waals surface area contributed by atoms with Gasteiger partial charge in [0.25, 0.3) is 0 Å². The van der Waals surface area contributed by atoms with E-state index in [0.717, 1.165) is 25.4 Å². The molecule has 2 atom stereocenters. The zero-order valence-corrected chi connectivity index (χ0v) is 12.8. The van der Waals surface area contributed by atoms with Gasteiger partial charge in [-0.05, 0) is 45.0 Å². The molecule has 3 heterocycles. The second-order valence-corrected chi connectivity index (χ2v) is 5.85. The normalized spacial score (nSPS) is 19.0. The monoisotopic (exact) mass is 288 g/mol. The van der Waals surface area contributed by atoms with Crippen molar-refractivity contribution < 1.29 is 4.42 Å². The lowest BCUT2D eigenvalue weighted by atomic mass is 10.1. The Hall–Kier alpha value is -1.59. The molecule has 5 heteroatoms. The number of nitrogens with one attached hydrogen (secondary N) is 1. The van der Waals surface area contributed by atoms with Gasteiger partial charge in [-0.15, -0.1) is 0 Å². The summed E-state index contributed by atoms with van der Waals surface area (Å²) in [6.45, 7) is 5.40. The van der Waals surface area contributed by atoms with Crippen LogP contribution < -0.4 is 5.32 Å². The van der Waals surface area contributed by atoms with Crippen molar-refractivity contribution in [2.24, 2.45) is 7.05 Å². The summed E-state index contributed by atoms with van der Waals surface area (Å²) < 4.78 is 7.50. The Labute approximate surface area is 125 Å². The summed E-state index contributed by atoms with van der Waals surface area (Å²) in [5.74, 6) is 1.06. The van der Waals surface area contributed by atoms with Crippen LogP contribution in [-0.2, 0) is 7.05 Å². The quantitative estimate of drug-likeness (QED) is 0.887. The number of aromatic nitrogens is 2. The summed E-state index contributed by atoms with van der Waals surface area (Å²) in [4.78, 5) is 2.52. The Morgan fingerprint density at radius 3 is 2.81 bits per heavy atom. The van der Waals surface area contributed by atoms with E-state index in [0.29, 0.717) is 12.1 Å². The van der Waals surface area contributed by atoms with Crippen LogP contribution in [0.2, 0.25) is 0 Å². The lowest BCUT2D eigenvalue weighted by Gasteiger charge is -2.27. The number of hydrogen-bond donors (Lipinski definition) is 1. The smallest absolute Gasteiger partial charge is 0.122 e. The van der Waals surface area contributed by atoms with Crippen molar-refractivity contribution in [1.82, 2.24) is 20.0 Å². The van der Waals surface area contributed by atoms with Crippen LogP contribution in [0.25, 0.3) is 0 Å². The summed E-state index contributed by atoms with van der Waals surface area (Å²) in [5.41, 5.74) is 1.22. The number of likely N-dealkylation sites (tertiary alicyclic amines) is 1. The van der Waals surface area contributed by atoms with Crippen LogP contribution in [0.15, 0.2) is 35.2 Å². The lowest BCUT2D eigenvalue weighted by molar-refractivity contribution is 0.205. The average molecular weight is 288 g/mol. The second-order valence-electron chi connectivity index (χ2n) is 5.85. The minimum atomic E-state index is 0.291. The van der Waals surface area contributed by atoms with Gasteiger partial charge in [0.15, 0.2) is 0 Å². The van der Waals surface area contributed by atoms with Gasteiger partial charge in [0.1, 0.15) is 5.76 Å². The molecule has 2 aromatic rings. The Bertz CT molecular complexity index is 542. The Balaban J connectivity index is 1.64. The molecule has 2 unspecified atom stereocenters. The van der Waals surface area contributed by atoms with Gasteiger partial charge in [0.2, 0.25) is 0 Å². The highest BCUT2D eigenvalue weighted by atomic mass is 16.3. The molecule has 1 aliphatic heterocycles. The number of aryl methyl sites for hydroxylation is 1. The Morgan fingerprint density at radius 1 is 1.38 bits per heavy atom. The molecule has 1 N–H and O–H groups in total. The molecule has 0 saturated carbocycles. The zero-order valence-electron chi connectivity index (χ0n) is 12.8. The van der Waals surface area contributed by atoms with Gasteiger partial charge in [-0.25, -0.2) is 0 Å². The van der Waals surface area contributed by atoms with E-state index in [-0.39, 0.29) is 0 Å². The van der Waals surface area contributed by atoms with Crippen LogP contribution in [-0.4, -0.2) is 34.3 Å². The SMILES string of the molecule is CC(NCC(c1ccco1)N1CCCC1)c1cnn(C)c1. The summed E-state index contributed by atoms with van der Waals surface area (Å²) >= 11 is 0. The zero-order chi connectivity index (χ0) is 14.7. The number of furan rings is 1. The Morgan fingerprint density at radius 2 is 2.19 bits per heavy atom. The molecule has 0 spiro atoms. The predicted octanol–water partition coefficient (Wildman–Crippen LogP) is 2.50. The molecule has 0 aromatic carbocycles. The van der Waals surface area contributed by atoms with Gasteiger partial charge in [0.05, 0.1) is 18.5 Å². The fraction of sp³-hybridized carbons (Fsp3) is 0.562. The Kier molecular flexibility index (Phi) is 4.41. The average Bonchev–Trinajstić information content (AvgIpc) is 3.21. The highest BCUT2D eigenvalue weighted by Crippen LogP contribution is 2.25. The van der Waals surface area contributed by atoms with Crippen LogP contribution in [0.3, 0.4) is 0 Å². The topological polar surface area (TPSA) is 46.2 Å². The van der Waals surface area contributed by atoms with E-state index < -0.39 is 0 Å². The molecule has 3 rings (SSSR count). The standard InChI is InChI=1S/C16H24N4O/c1-13(14-10-18-19(2)12-14)17-11-15(16-6-5-9-21-16)20-7-3-4-8-20/h5-6,9-10,12-13,15,17H,3-4,7-8,11H2,1-2H3. The third-order valence-electron chi connectivity index (χ3n) is 4.30. The molecule has 1 saturated heterocycles. The van der Waals surface area contributed by atoms with Gasteiger partial charge in [0, 0.05) is 31.4 Å². The van der Waals surface area contributed by atoms with Crippen LogP contribution in [0, 0.1) is 0 Å². The van der Waals surface area contributed by atoms with Crippen molar-refractivity contribution in [3.63, 3.8) is 0 Å². The van der Waals surface area contributed by atoms with Gasteiger partial charge < -0.3 is 9.73 Å². The first-order valence-electron chi connectivity index (χ1n) is 7.73. The maximum absolute atomic E-state index is 5.65. The first-order chi connectivity index (χ1) is 10.2. The molecule has 21 heavy (non-hydrogen) atoms. The molecule has 5 nitrogen and oxygen atoms in total.